The van der Waals surface area contributed by atoms with Crippen LogP contribution in [0.25, 0.3) is 10.2 Å². The summed E-state index contributed by atoms with van der Waals surface area (Å²) in [5.41, 5.74) is 2.34. The summed E-state index contributed by atoms with van der Waals surface area (Å²) in [6, 6.07) is 13.2. The quantitative estimate of drug-likeness (QED) is 0.623. The maximum Gasteiger partial charge on any atom is 0.227 e. The van der Waals surface area contributed by atoms with E-state index >= 15 is 0 Å². The van der Waals surface area contributed by atoms with Crippen LogP contribution < -0.4 is 15.5 Å². The molecule has 3 amide bonds. The van der Waals surface area contributed by atoms with Crippen LogP contribution in [-0.2, 0) is 14.4 Å². The molecule has 1 aliphatic heterocycles. The van der Waals surface area contributed by atoms with Crippen molar-refractivity contribution in [3.8, 4) is 0 Å². The number of fused-ring (bicyclic) bond motifs is 2. The summed E-state index contributed by atoms with van der Waals surface area (Å²) in [6.07, 6.45) is 0.236. The van der Waals surface area contributed by atoms with E-state index < -0.39 is 0 Å². The number of hydrogen-bond acceptors (Lipinski definition) is 6. The molecular weight excluding hydrogens is 420 g/mol. The van der Waals surface area contributed by atoms with Crippen LogP contribution in [0.5, 0.6) is 0 Å². The van der Waals surface area contributed by atoms with Crippen LogP contribution in [0.4, 0.5) is 16.5 Å². The number of amides is 3. The lowest BCUT2D eigenvalue weighted by Crippen LogP contribution is -2.35. The lowest BCUT2D eigenvalue weighted by Gasteiger charge is -2.28. The number of rotatable bonds is 5. The van der Waals surface area contributed by atoms with Gasteiger partial charge in [-0.3, -0.25) is 14.4 Å². The molecular formula is C21H20N4O3S2. The minimum atomic E-state index is -0.246. The van der Waals surface area contributed by atoms with Crippen molar-refractivity contribution in [1.29, 1.82) is 0 Å². The highest BCUT2D eigenvalue weighted by atomic mass is 32.2. The molecule has 0 spiro atoms. The van der Waals surface area contributed by atoms with Crippen LogP contribution >= 0.6 is 23.1 Å². The van der Waals surface area contributed by atoms with Crippen molar-refractivity contribution in [3.63, 3.8) is 0 Å². The minimum absolute atomic E-state index is 0.0536. The molecule has 7 nitrogen and oxygen atoms in total. The number of anilines is 3. The van der Waals surface area contributed by atoms with Gasteiger partial charge in [-0.1, -0.05) is 23.5 Å². The number of carbonyl (C=O) groups is 3. The molecule has 30 heavy (non-hydrogen) atoms. The minimum Gasteiger partial charge on any atom is -0.326 e. The standard InChI is InChI=1S/C21H20N4O3S2/c1-13(26)22-14-6-7-15-18(12-14)30-21(23-15)24-19(27)8-9-20(28)25-10-11-29-17-5-3-2-4-16(17)25/h2-7,12H,8-11H2,1H3,(H,22,26)(H,23,24,27). The third kappa shape index (κ3) is 4.63. The molecule has 2 heterocycles. The van der Waals surface area contributed by atoms with Crippen molar-refractivity contribution >= 4 is 67.5 Å². The fourth-order valence-corrected chi connectivity index (χ4v) is 5.14. The summed E-state index contributed by atoms with van der Waals surface area (Å²) in [7, 11) is 0. The number of hydrogen-bond donors (Lipinski definition) is 2. The highest BCUT2D eigenvalue weighted by molar-refractivity contribution is 7.99. The topological polar surface area (TPSA) is 91.4 Å². The van der Waals surface area contributed by atoms with Gasteiger partial charge < -0.3 is 15.5 Å². The third-order valence-electron chi connectivity index (χ3n) is 4.55. The predicted molar refractivity (Wildman–Crippen MR) is 121 cm³/mol. The molecule has 0 saturated heterocycles. The number of benzene rings is 2. The maximum absolute atomic E-state index is 12.7. The smallest absolute Gasteiger partial charge is 0.227 e. The van der Waals surface area contributed by atoms with Crippen molar-refractivity contribution in [2.45, 2.75) is 24.7 Å². The molecule has 154 valence electrons. The molecule has 0 atom stereocenters. The number of thiazole rings is 1. The van der Waals surface area contributed by atoms with Crippen molar-refractivity contribution in [1.82, 2.24) is 4.98 Å². The average Bonchev–Trinajstić information content (AvgIpc) is 3.12. The lowest BCUT2D eigenvalue weighted by molar-refractivity contribution is -0.122. The molecule has 0 unspecified atom stereocenters. The van der Waals surface area contributed by atoms with Gasteiger partial charge in [0.25, 0.3) is 0 Å². The number of para-hydroxylation sites is 1. The zero-order chi connectivity index (χ0) is 21.1. The monoisotopic (exact) mass is 440 g/mol. The SMILES string of the molecule is CC(=O)Nc1ccc2nc(NC(=O)CCC(=O)N3CCSc4ccccc43)sc2c1. The molecule has 0 aliphatic carbocycles. The number of thioether (sulfide) groups is 1. The van der Waals surface area contributed by atoms with Gasteiger partial charge in [-0.15, -0.1) is 11.8 Å². The Hall–Kier alpha value is -2.91. The predicted octanol–water partition coefficient (Wildman–Crippen LogP) is 4.11. The first kappa shape index (κ1) is 20.4. The average molecular weight is 441 g/mol. The molecule has 0 saturated carbocycles. The number of nitrogens with zero attached hydrogens (tertiary/aromatic N) is 2. The second-order valence-corrected chi connectivity index (χ2v) is 8.96. The van der Waals surface area contributed by atoms with E-state index in [2.05, 4.69) is 15.6 Å². The van der Waals surface area contributed by atoms with Gasteiger partial charge in [0.15, 0.2) is 5.13 Å². The normalized spacial score (nSPS) is 13.0. The molecule has 4 rings (SSSR count). The molecule has 0 bridgehead atoms. The largest absolute Gasteiger partial charge is 0.326 e. The van der Waals surface area contributed by atoms with E-state index in [0.717, 1.165) is 26.6 Å². The first-order valence-electron chi connectivity index (χ1n) is 9.50. The van der Waals surface area contributed by atoms with Crippen molar-refractivity contribution < 1.29 is 14.4 Å². The fourth-order valence-electron chi connectivity index (χ4n) is 3.22. The van der Waals surface area contributed by atoms with E-state index in [0.29, 0.717) is 17.4 Å². The molecule has 2 aromatic carbocycles. The van der Waals surface area contributed by atoms with E-state index in [-0.39, 0.29) is 30.6 Å². The molecule has 1 aliphatic rings. The van der Waals surface area contributed by atoms with Gasteiger partial charge in [-0.2, -0.15) is 0 Å². The van der Waals surface area contributed by atoms with Crippen LogP contribution in [-0.4, -0.2) is 35.0 Å². The Morgan fingerprint density at radius 1 is 1.10 bits per heavy atom. The van der Waals surface area contributed by atoms with Crippen LogP contribution in [0.1, 0.15) is 19.8 Å². The molecule has 0 radical (unpaired) electrons. The first-order chi connectivity index (χ1) is 14.5. The van der Waals surface area contributed by atoms with Crippen molar-refractivity contribution in [3.05, 3.63) is 42.5 Å². The van der Waals surface area contributed by atoms with Gasteiger partial charge in [0.1, 0.15) is 0 Å². The summed E-state index contributed by atoms with van der Waals surface area (Å²) in [5.74, 6) is 0.402. The van der Waals surface area contributed by atoms with Gasteiger partial charge in [0, 0.05) is 42.6 Å². The Labute approximate surface area is 181 Å². The second-order valence-electron chi connectivity index (χ2n) is 6.79. The van der Waals surface area contributed by atoms with Gasteiger partial charge >= 0.3 is 0 Å². The highest BCUT2D eigenvalue weighted by Gasteiger charge is 2.23. The third-order valence-corrected chi connectivity index (χ3v) is 6.53. The van der Waals surface area contributed by atoms with Crippen molar-refractivity contribution in [2.75, 3.05) is 27.8 Å². The first-order valence-corrected chi connectivity index (χ1v) is 11.3. The number of carbonyl (C=O) groups excluding carboxylic acids is 3. The molecule has 1 aromatic heterocycles. The number of aromatic nitrogens is 1. The summed E-state index contributed by atoms with van der Waals surface area (Å²) < 4.78 is 0.857. The van der Waals surface area contributed by atoms with Gasteiger partial charge in [0.2, 0.25) is 17.7 Å². The van der Waals surface area contributed by atoms with E-state index in [1.165, 1.54) is 18.3 Å². The second kappa shape index (κ2) is 8.85. The van der Waals surface area contributed by atoms with E-state index in [1.807, 2.05) is 30.3 Å². The van der Waals surface area contributed by atoms with E-state index in [1.54, 1.807) is 28.8 Å². The summed E-state index contributed by atoms with van der Waals surface area (Å²) >= 11 is 3.07. The lowest BCUT2D eigenvalue weighted by atomic mass is 10.2. The Balaban J connectivity index is 1.36. The van der Waals surface area contributed by atoms with E-state index in [4.69, 9.17) is 0 Å². The zero-order valence-corrected chi connectivity index (χ0v) is 17.9. The molecule has 2 N–H and O–H groups in total. The Morgan fingerprint density at radius 2 is 1.93 bits per heavy atom. The van der Waals surface area contributed by atoms with Crippen molar-refractivity contribution in [2.24, 2.45) is 0 Å². The Morgan fingerprint density at radius 3 is 2.77 bits per heavy atom. The number of nitrogens with one attached hydrogen (secondary N) is 2. The Bertz CT molecular complexity index is 1130. The van der Waals surface area contributed by atoms with E-state index in [9.17, 15) is 14.4 Å². The molecule has 0 fully saturated rings. The molecule has 9 heteroatoms. The van der Waals surface area contributed by atoms with Crippen LogP contribution in [0.3, 0.4) is 0 Å². The highest BCUT2D eigenvalue weighted by Crippen LogP contribution is 2.34. The van der Waals surface area contributed by atoms with Crippen LogP contribution in [0.15, 0.2) is 47.4 Å². The zero-order valence-electron chi connectivity index (χ0n) is 16.3. The van der Waals surface area contributed by atoms with Gasteiger partial charge in [0.05, 0.1) is 15.9 Å². The summed E-state index contributed by atoms with van der Waals surface area (Å²) in [6.45, 7) is 2.10. The van der Waals surface area contributed by atoms with Crippen LogP contribution in [0.2, 0.25) is 0 Å². The fraction of sp³-hybridized carbons (Fsp3) is 0.238. The summed E-state index contributed by atoms with van der Waals surface area (Å²) in [4.78, 5) is 43.5. The Kier molecular flexibility index (Phi) is 6.01. The molecule has 3 aromatic rings. The van der Waals surface area contributed by atoms with Gasteiger partial charge in [-0.05, 0) is 30.3 Å². The maximum atomic E-state index is 12.7. The van der Waals surface area contributed by atoms with Gasteiger partial charge in [-0.25, -0.2) is 4.98 Å². The summed E-state index contributed by atoms with van der Waals surface area (Å²) in [5, 5.41) is 5.98. The van der Waals surface area contributed by atoms with Crippen LogP contribution in [0, 0.1) is 0 Å².